The molecule has 0 aromatic carbocycles. The van der Waals surface area contributed by atoms with E-state index >= 15 is 0 Å². The van der Waals surface area contributed by atoms with Gasteiger partial charge in [-0.2, -0.15) is 0 Å². The first-order chi connectivity index (χ1) is 13.1. The molecule has 8 nitrogen and oxygen atoms in total. The summed E-state index contributed by atoms with van der Waals surface area (Å²) in [6.45, 7) is 3.92. The lowest BCUT2D eigenvalue weighted by molar-refractivity contribution is 0.0905. The van der Waals surface area contributed by atoms with Crippen LogP contribution in [-0.4, -0.2) is 32.8 Å². The zero-order valence-corrected chi connectivity index (χ0v) is 18.7. The van der Waals surface area contributed by atoms with Crippen molar-refractivity contribution in [2.24, 2.45) is 5.14 Å². The number of amides is 2. The number of aryl methyl sites for hydroxylation is 1. The molecule has 2 heterocycles. The summed E-state index contributed by atoms with van der Waals surface area (Å²) in [6.07, 6.45) is 3.80. The fraction of sp³-hybridized carbons (Fsp3) is 0.412. The number of nitrogens with one attached hydrogen (secondary N) is 2. The monoisotopic (exact) mass is 491 g/mol. The fourth-order valence-electron chi connectivity index (χ4n) is 2.51. The lowest BCUT2D eigenvalue weighted by Crippen LogP contribution is -2.43. The highest BCUT2D eigenvalue weighted by Gasteiger charge is 2.21. The van der Waals surface area contributed by atoms with Crippen molar-refractivity contribution in [3.63, 3.8) is 0 Å². The summed E-state index contributed by atoms with van der Waals surface area (Å²) in [6, 6.07) is 2.53. The van der Waals surface area contributed by atoms with Crippen LogP contribution in [0.4, 0.5) is 0 Å². The molecule has 0 fully saturated rings. The first kappa shape index (κ1) is 22.6. The Morgan fingerprint density at radius 1 is 1.32 bits per heavy atom. The Hall–Kier alpha value is -1.69. The van der Waals surface area contributed by atoms with Crippen LogP contribution in [0.15, 0.2) is 31.7 Å². The average Bonchev–Trinajstić information content (AvgIpc) is 3.22. The summed E-state index contributed by atoms with van der Waals surface area (Å²) in [5.74, 6) is -0.710. The third-order valence-electron chi connectivity index (χ3n) is 4.00. The molecule has 1 unspecified atom stereocenters. The van der Waals surface area contributed by atoms with Crippen molar-refractivity contribution in [3.05, 3.63) is 39.1 Å². The van der Waals surface area contributed by atoms with Crippen LogP contribution in [0.2, 0.25) is 0 Å². The highest BCUT2D eigenvalue weighted by atomic mass is 79.9. The number of rotatable bonds is 9. The van der Waals surface area contributed by atoms with Crippen LogP contribution in [0.1, 0.15) is 51.8 Å². The van der Waals surface area contributed by atoms with Crippen molar-refractivity contribution >= 4 is 49.1 Å². The van der Waals surface area contributed by atoms with Gasteiger partial charge in [0.15, 0.2) is 4.67 Å². The van der Waals surface area contributed by atoms with Crippen molar-refractivity contribution in [2.45, 2.75) is 43.4 Å². The second-order valence-corrected chi connectivity index (χ2v) is 10.1. The van der Waals surface area contributed by atoms with E-state index in [4.69, 9.17) is 9.56 Å². The molecule has 2 aromatic heterocycles. The van der Waals surface area contributed by atoms with Crippen LogP contribution in [0, 0.1) is 6.92 Å². The van der Waals surface area contributed by atoms with E-state index in [2.05, 4.69) is 26.6 Å². The number of primary sulfonamides is 1. The van der Waals surface area contributed by atoms with Crippen molar-refractivity contribution in [2.75, 3.05) is 6.54 Å². The number of hydrogen-bond acceptors (Lipinski definition) is 6. The Morgan fingerprint density at radius 3 is 2.57 bits per heavy atom. The van der Waals surface area contributed by atoms with Crippen molar-refractivity contribution in [1.82, 2.24) is 10.6 Å². The molecule has 0 aliphatic heterocycles. The van der Waals surface area contributed by atoms with Gasteiger partial charge in [-0.15, -0.1) is 11.3 Å². The van der Waals surface area contributed by atoms with Crippen LogP contribution < -0.4 is 15.8 Å². The fourth-order valence-corrected chi connectivity index (χ4v) is 4.71. The van der Waals surface area contributed by atoms with Gasteiger partial charge in [-0.25, -0.2) is 13.6 Å². The summed E-state index contributed by atoms with van der Waals surface area (Å²) < 4.78 is 28.4. The van der Waals surface area contributed by atoms with Gasteiger partial charge in [0.05, 0.1) is 11.1 Å². The lowest BCUT2D eigenvalue weighted by Gasteiger charge is -2.19. The Balaban J connectivity index is 2.05. The summed E-state index contributed by atoms with van der Waals surface area (Å²) in [5.41, 5.74) is 0.638. The highest BCUT2D eigenvalue weighted by Crippen LogP contribution is 2.25. The molecular formula is C17H22BrN3O5S2. The van der Waals surface area contributed by atoms with Crippen LogP contribution in [-0.2, 0) is 10.0 Å². The molecule has 0 aliphatic carbocycles. The highest BCUT2D eigenvalue weighted by molar-refractivity contribution is 9.10. The number of halogens is 1. The van der Waals surface area contributed by atoms with Crippen LogP contribution >= 0.6 is 27.3 Å². The summed E-state index contributed by atoms with van der Waals surface area (Å²) in [5, 5.41) is 10.8. The maximum Gasteiger partial charge on any atom is 0.254 e. The van der Waals surface area contributed by atoms with E-state index in [-0.39, 0.29) is 28.3 Å². The number of sulfonamides is 1. The van der Waals surface area contributed by atoms with E-state index in [9.17, 15) is 18.0 Å². The Labute approximate surface area is 176 Å². The molecule has 1 atom stereocenters. The standard InChI is InChI=1S/C17H22BrN3O5S2/c1-3-4-5-12(8-20-16(22)11-6-14(18)26-9-11)21-17(23)13-7-15(27-10(13)2)28(19,24)25/h6-7,9,12H,3-5,8H2,1-2H3,(H,20,22)(H,21,23)(H2,19,24,25). The van der Waals surface area contributed by atoms with E-state index in [0.717, 1.165) is 24.2 Å². The van der Waals surface area contributed by atoms with Gasteiger partial charge in [0.1, 0.15) is 10.5 Å². The number of nitrogens with two attached hydrogens (primary N) is 1. The van der Waals surface area contributed by atoms with Gasteiger partial charge in [0.25, 0.3) is 11.8 Å². The average molecular weight is 492 g/mol. The molecule has 4 N–H and O–H groups in total. The van der Waals surface area contributed by atoms with Gasteiger partial charge in [0, 0.05) is 23.5 Å². The van der Waals surface area contributed by atoms with Gasteiger partial charge < -0.3 is 15.1 Å². The number of hydrogen-bond donors (Lipinski definition) is 3. The molecule has 0 saturated carbocycles. The summed E-state index contributed by atoms with van der Waals surface area (Å²) in [4.78, 5) is 25.4. The molecule has 154 valence electrons. The molecule has 0 aliphatic rings. The van der Waals surface area contributed by atoms with Gasteiger partial charge >= 0.3 is 0 Å². The summed E-state index contributed by atoms with van der Waals surface area (Å²) >= 11 is 4.10. The lowest BCUT2D eigenvalue weighted by atomic mass is 10.1. The topological polar surface area (TPSA) is 132 Å². The number of thiophene rings is 1. The minimum Gasteiger partial charge on any atom is -0.457 e. The second-order valence-electron chi connectivity index (χ2n) is 6.24. The SMILES string of the molecule is CCCCC(CNC(=O)c1coc(Br)c1)NC(=O)c1cc(S(N)(=O)=O)sc1C. The van der Waals surface area contributed by atoms with Gasteiger partial charge in [-0.05, 0) is 35.3 Å². The number of unbranched alkanes of at least 4 members (excludes halogenated alkanes) is 1. The zero-order chi connectivity index (χ0) is 20.9. The van der Waals surface area contributed by atoms with E-state index in [1.165, 1.54) is 12.3 Å². The maximum atomic E-state index is 12.6. The largest absolute Gasteiger partial charge is 0.457 e. The maximum absolute atomic E-state index is 12.6. The van der Waals surface area contributed by atoms with Crippen molar-refractivity contribution in [3.8, 4) is 0 Å². The molecule has 0 bridgehead atoms. The zero-order valence-electron chi connectivity index (χ0n) is 15.5. The smallest absolute Gasteiger partial charge is 0.254 e. The first-order valence-corrected chi connectivity index (χ1v) is 11.7. The molecule has 0 saturated heterocycles. The van der Waals surface area contributed by atoms with Gasteiger partial charge in [-0.1, -0.05) is 19.8 Å². The normalized spacial score (nSPS) is 12.6. The quantitative estimate of drug-likeness (QED) is 0.496. The number of carbonyl (C=O) groups is 2. The molecule has 11 heteroatoms. The summed E-state index contributed by atoms with van der Waals surface area (Å²) in [7, 11) is -3.86. The van der Waals surface area contributed by atoms with Crippen molar-refractivity contribution < 1.29 is 22.4 Å². The molecule has 0 spiro atoms. The van der Waals surface area contributed by atoms with E-state index in [1.807, 2.05) is 6.92 Å². The van der Waals surface area contributed by atoms with E-state index < -0.39 is 15.9 Å². The van der Waals surface area contributed by atoms with E-state index in [1.54, 1.807) is 13.0 Å². The molecule has 0 radical (unpaired) electrons. The third kappa shape index (κ3) is 6.16. The molecule has 2 rings (SSSR count). The molecule has 28 heavy (non-hydrogen) atoms. The molecule has 2 amide bonds. The van der Waals surface area contributed by atoms with Crippen molar-refractivity contribution in [1.29, 1.82) is 0 Å². The van der Waals surface area contributed by atoms with Crippen LogP contribution in [0.25, 0.3) is 0 Å². The molecular weight excluding hydrogens is 470 g/mol. The molecule has 2 aromatic rings. The predicted octanol–water partition coefficient (Wildman–Crippen LogP) is 2.78. The number of carbonyl (C=O) groups excluding carboxylic acids is 2. The second kappa shape index (κ2) is 9.68. The Kier molecular flexibility index (Phi) is 7.81. The third-order valence-corrected chi connectivity index (χ3v) is 6.89. The Morgan fingerprint density at radius 2 is 2.04 bits per heavy atom. The van der Waals surface area contributed by atoms with E-state index in [0.29, 0.717) is 21.5 Å². The van der Waals surface area contributed by atoms with Gasteiger partial charge in [0.2, 0.25) is 10.0 Å². The predicted molar refractivity (Wildman–Crippen MR) is 110 cm³/mol. The van der Waals surface area contributed by atoms with Crippen LogP contribution in [0.5, 0.6) is 0 Å². The first-order valence-electron chi connectivity index (χ1n) is 8.58. The van der Waals surface area contributed by atoms with Crippen LogP contribution in [0.3, 0.4) is 0 Å². The minimum absolute atomic E-state index is 0.0564. The Bertz CT molecular complexity index is 952. The minimum atomic E-state index is -3.86. The van der Waals surface area contributed by atoms with Gasteiger partial charge in [-0.3, -0.25) is 9.59 Å². The number of furan rings is 1.